The van der Waals surface area contributed by atoms with Gasteiger partial charge in [-0.15, -0.1) is 10.2 Å². The largest absolute Gasteiger partial charge is 0.485 e. The van der Waals surface area contributed by atoms with E-state index in [-0.39, 0.29) is 23.8 Å². The van der Waals surface area contributed by atoms with E-state index in [4.69, 9.17) is 9.47 Å². The third-order valence-corrected chi connectivity index (χ3v) is 7.27. The van der Waals surface area contributed by atoms with Crippen molar-refractivity contribution in [3.63, 3.8) is 0 Å². The minimum atomic E-state index is -0.343. The van der Waals surface area contributed by atoms with Gasteiger partial charge in [0.25, 0.3) is 0 Å². The van der Waals surface area contributed by atoms with Crippen molar-refractivity contribution in [1.82, 2.24) is 20.1 Å². The molecule has 1 aliphatic heterocycles. The first-order valence-corrected chi connectivity index (χ1v) is 12.4. The van der Waals surface area contributed by atoms with Gasteiger partial charge in [0, 0.05) is 7.05 Å². The van der Waals surface area contributed by atoms with Crippen molar-refractivity contribution in [2.75, 3.05) is 12.4 Å². The molecule has 172 valence electrons. The molecule has 3 aromatic rings. The number of hydrogen-bond acceptors (Lipinski definition) is 6. The van der Waals surface area contributed by atoms with Crippen molar-refractivity contribution in [3.05, 3.63) is 65.0 Å². The van der Waals surface area contributed by atoms with Gasteiger partial charge in [-0.25, -0.2) is 0 Å². The number of hydrogen-bond donors (Lipinski definition) is 1. The average molecular weight is 465 g/mol. The van der Waals surface area contributed by atoms with Gasteiger partial charge in [-0.05, 0) is 61.4 Å². The van der Waals surface area contributed by atoms with E-state index in [0.717, 1.165) is 24.2 Å². The van der Waals surface area contributed by atoms with Gasteiger partial charge in [0.2, 0.25) is 5.91 Å². The van der Waals surface area contributed by atoms with Crippen LogP contribution in [-0.4, -0.2) is 33.0 Å². The first-order valence-electron chi connectivity index (χ1n) is 11.4. The Labute approximate surface area is 197 Å². The first-order chi connectivity index (χ1) is 16.1. The number of carbonyl (C=O) groups excluding carboxylic acids is 1. The minimum Gasteiger partial charge on any atom is -0.485 e. The number of amides is 1. The maximum absolute atomic E-state index is 12.6. The topological polar surface area (TPSA) is 78.3 Å². The van der Waals surface area contributed by atoms with Gasteiger partial charge in [-0.3, -0.25) is 4.79 Å². The van der Waals surface area contributed by atoms with Crippen LogP contribution in [0.1, 0.15) is 54.4 Å². The summed E-state index contributed by atoms with van der Waals surface area (Å²) in [5.41, 5.74) is 4.04. The summed E-state index contributed by atoms with van der Waals surface area (Å²) in [6.07, 6.45) is 4.47. The molecule has 1 N–H and O–H groups in total. The van der Waals surface area contributed by atoms with Crippen LogP contribution in [0.2, 0.25) is 0 Å². The normalized spacial score (nSPS) is 17.8. The lowest BCUT2D eigenvalue weighted by Crippen LogP contribution is -2.28. The average Bonchev–Trinajstić information content (AvgIpc) is 3.22. The molecule has 1 aromatic heterocycles. The van der Waals surface area contributed by atoms with E-state index < -0.39 is 0 Å². The Kier molecular flexibility index (Phi) is 6.26. The van der Waals surface area contributed by atoms with Crippen LogP contribution < -0.4 is 14.8 Å². The molecule has 1 amide bonds. The molecule has 0 fully saturated rings. The summed E-state index contributed by atoms with van der Waals surface area (Å²) >= 11 is 1.37. The van der Waals surface area contributed by atoms with Crippen LogP contribution in [0.4, 0.5) is 0 Å². The van der Waals surface area contributed by atoms with Crippen LogP contribution in [0.5, 0.6) is 11.5 Å². The van der Waals surface area contributed by atoms with Crippen molar-refractivity contribution in [1.29, 1.82) is 0 Å². The highest BCUT2D eigenvalue weighted by Gasteiger charge is 2.27. The molecule has 2 heterocycles. The van der Waals surface area contributed by atoms with E-state index in [9.17, 15) is 4.79 Å². The van der Waals surface area contributed by atoms with Gasteiger partial charge in [-0.2, -0.15) is 0 Å². The van der Waals surface area contributed by atoms with Gasteiger partial charge in [-0.1, -0.05) is 42.1 Å². The summed E-state index contributed by atoms with van der Waals surface area (Å²) in [4.78, 5) is 12.6. The number of fused-ring (bicyclic) bond motifs is 2. The number of para-hydroxylation sites is 2. The number of nitrogens with one attached hydrogen (secondary N) is 1. The molecule has 0 saturated carbocycles. The second-order valence-corrected chi connectivity index (χ2v) is 9.52. The second-order valence-electron chi connectivity index (χ2n) is 8.58. The molecular weight excluding hydrogens is 436 g/mol. The molecule has 2 unspecified atom stereocenters. The minimum absolute atomic E-state index is 0.0269. The zero-order valence-electron chi connectivity index (χ0n) is 18.9. The summed E-state index contributed by atoms with van der Waals surface area (Å²) in [5.74, 6) is 2.35. The van der Waals surface area contributed by atoms with E-state index >= 15 is 0 Å². The fraction of sp³-hybridized carbons (Fsp3) is 0.400. The lowest BCUT2D eigenvalue weighted by molar-refractivity contribution is -0.119. The summed E-state index contributed by atoms with van der Waals surface area (Å²) in [7, 11) is 1.88. The molecule has 0 spiro atoms. The number of thioether (sulfide) groups is 1. The maximum atomic E-state index is 12.6. The molecule has 0 saturated heterocycles. The number of nitrogens with zero attached hydrogens (tertiary/aromatic N) is 3. The summed E-state index contributed by atoms with van der Waals surface area (Å²) in [6, 6.07) is 14.2. The predicted molar refractivity (Wildman–Crippen MR) is 127 cm³/mol. The predicted octanol–water partition coefficient (Wildman–Crippen LogP) is 4.18. The van der Waals surface area contributed by atoms with Crippen LogP contribution >= 0.6 is 11.8 Å². The van der Waals surface area contributed by atoms with Gasteiger partial charge >= 0.3 is 0 Å². The lowest BCUT2D eigenvalue weighted by Gasteiger charge is -2.25. The Hall–Kier alpha value is -3.00. The number of ether oxygens (including phenoxy) is 2. The quantitative estimate of drug-likeness (QED) is 0.552. The molecule has 2 aromatic carbocycles. The van der Waals surface area contributed by atoms with E-state index in [2.05, 4.69) is 33.7 Å². The first kappa shape index (κ1) is 21.8. The van der Waals surface area contributed by atoms with Gasteiger partial charge in [0.1, 0.15) is 6.61 Å². The third kappa shape index (κ3) is 4.71. The van der Waals surface area contributed by atoms with Crippen molar-refractivity contribution in [2.45, 2.75) is 49.9 Å². The number of rotatable bonds is 6. The third-order valence-electron chi connectivity index (χ3n) is 6.25. The molecule has 0 radical (unpaired) electrons. The van der Waals surface area contributed by atoms with Crippen LogP contribution in [0.3, 0.4) is 0 Å². The highest BCUT2D eigenvalue weighted by Crippen LogP contribution is 2.35. The zero-order chi connectivity index (χ0) is 22.8. The van der Waals surface area contributed by atoms with E-state index in [1.54, 1.807) is 0 Å². The number of aromatic nitrogens is 3. The Balaban J connectivity index is 1.17. The van der Waals surface area contributed by atoms with Gasteiger partial charge < -0.3 is 19.4 Å². The molecule has 1 aliphatic carbocycles. The van der Waals surface area contributed by atoms with Crippen LogP contribution in [-0.2, 0) is 24.7 Å². The molecular formula is C25H28N4O3S. The fourth-order valence-corrected chi connectivity index (χ4v) is 5.13. The molecule has 2 atom stereocenters. The zero-order valence-corrected chi connectivity index (χ0v) is 19.7. The van der Waals surface area contributed by atoms with Crippen molar-refractivity contribution in [2.24, 2.45) is 7.05 Å². The Morgan fingerprint density at radius 2 is 1.94 bits per heavy atom. The van der Waals surface area contributed by atoms with E-state index in [1.165, 1.54) is 35.7 Å². The van der Waals surface area contributed by atoms with Gasteiger partial charge in [0.15, 0.2) is 28.6 Å². The maximum Gasteiger partial charge on any atom is 0.230 e. The smallest absolute Gasteiger partial charge is 0.230 e. The molecule has 7 nitrogen and oxygen atoms in total. The Bertz CT molecular complexity index is 1160. The SMILES string of the molecule is CC(NC(=O)CSc1nnc(C2COc3ccccc3O2)n1C)c1ccc2c(c1)CCCC2. The number of benzene rings is 2. The number of aryl methyl sites for hydroxylation is 2. The fourth-order valence-electron chi connectivity index (χ4n) is 4.40. The summed E-state index contributed by atoms with van der Waals surface area (Å²) < 4.78 is 13.7. The molecule has 33 heavy (non-hydrogen) atoms. The molecule has 5 rings (SSSR count). The molecule has 2 aliphatic rings. The standard InChI is InChI=1S/C25H28N4O3S/c1-16(18-12-11-17-7-3-4-8-19(17)13-18)26-23(30)15-33-25-28-27-24(29(25)2)22-14-31-20-9-5-6-10-21(20)32-22/h5-6,9-13,16,22H,3-4,7-8,14-15H2,1-2H3,(H,26,30). The highest BCUT2D eigenvalue weighted by molar-refractivity contribution is 7.99. The second kappa shape index (κ2) is 9.47. The van der Waals surface area contributed by atoms with Crippen LogP contribution in [0.15, 0.2) is 47.6 Å². The lowest BCUT2D eigenvalue weighted by atomic mass is 9.89. The molecule has 0 bridgehead atoms. The highest BCUT2D eigenvalue weighted by atomic mass is 32.2. The Morgan fingerprint density at radius 3 is 2.79 bits per heavy atom. The van der Waals surface area contributed by atoms with Crippen LogP contribution in [0.25, 0.3) is 0 Å². The van der Waals surface area contributed by atoms with E-state index in [0.29, 0.717) is 23.3 Å². The van der Waals surface area contributed by atoms with Crippen molar-refractivity contribution >= 4 is 17.7 Å². The Morgan fingerprint density at radius 1 is 1.15 bits per heavy atom. The van der Waals surface area contributed by atoms with Crippen LogP contribution in [0, 0.1) is 0 Å². The summed E-state index contributed by atoms with van der Waals surface area (Å²) in [5, 5.41) is 12.3. The molecule has 8 heteroatoms. The monoisotopic (exact) mass is 464 g/mol. The van der Waals surface area contributed by atoms with Gasteiger partial charge in [0.05, 0.1) is 11.8 Å². The van der Waals surface area contributed by atoms with Crippen molar-refractivity contribution < 1.29 is 14.3 Å². The van der Waals surface area contributed by atoms with Crippen molar-refractivity contribution in [3.8, 4) is 11.5 Å². The summed E-state index contributed by atoms with van der Waals surface area (Å²) in [6.45, 7) is 2.40. The number of carbonyl (C=O) groups is 1. The van der Waals surface area contributed by atoms with E-state index in [1.807, 2.05) is 42.8 Å².